The number of nitrogens with zero attached hydrogens (tertiary/aromatic N) is 4. The van der Waals surface area contributed by atoms with Gasteiger partial charge in [-0.05, 0) is 32.1 Å². The van der Waals surface area contributed by atoms with Crippen molar-refractivity contribution in [1.29, 1.82) is 0 Å². The molecule has 0 aromatic carbocycles. The van der Waals surface area contributed by atoms with Crippen LogP contribution in [0.25, 0.3) is 11.4 Å². The summed E-state index contributed by atoms with van der Waals surface area (Å²) < 4.78 is 1.92. The van der Waals surface area contributed by atoms with E-state index >= 15 is 0 Å². The van der Waals surface area contributed by atoms with E-state index in [9.17, 15) is 0 Å². The van der Waals surface area contributed by atoms with Crippen LogP contribution in [0.1, 0.15) is 57.5 Å². The largest absolute Gasteiger partial charge is 0.324 e. The Morgan fingerprint density at radius 2 is 2.10 bits per heavy atom. The predicted molar refractivity (Wildman–Crippen MR) is 82.7 cm³/mol. The summed E-state index contributed by atoms with van der Waals surface area (Å²) in [5.74, 6) is 0.741. The maximum absolute atomic E-state index is 6.26. The van der Waals surface area contributed by atoms with E-state index < -0.39 is 0 Å². The Morgan fingerprint density at radius 3 is 2.76 bits per heavy atom. The lowest BCUT2D eigenvalue weighted by Crippen LogP contribution is -2.30. The van der Waals surface area contributed by atoms with E-state index in [1.807, 2.05) is 23.3 Å². The molecule has 0 bridgehead atoms. The van der Waals surface area contributed by atoms with E-state index in [1.165, 1.54) is 0 Å². The third-order valence-corrected chi connectivity index (χ3v) is 4.11. The minimum absolute atomic E-state index is 0.0381. The Balaban J connectivity index is 1.99. The van der Waals surface area contributed by atoms with Gasteiger partial charge in [0.15, 0.2) is 5.82 Å². The van der Waals surface area contributed by atoms with Crippen LogP contribution in [0, 0.1) is 5.41 Å². The maximum atomic E-state index is 6.26. The minimum Gasteiger partial charge on any atom is -0.324 e. The van der Waals surface area contributed by atoms with Crippen LogP contribution in [0.4, 0.5) is 0 Å². The minimum atomic E-state index is 0.0381. The van der Waals surface area contributed by atoms with Gasteiger partial charge >= 0.3 is 0 Å². The zero-order valence-electron chi connectivity index (χ0n) is 13.2. The Morgan fingerprint density at radius 1 is 1.33 bits per heavy atom. The van der Waals surface area contributed by atoms with Gasteiger partial charge in [-0.3, -0.25) is 4.68 Å². The molecule has 0 radical (unpaired) electrons. The topological polar surface area (TPSA) is 69.6 Å². The first-order valence-corrected chi connectivity index (χ1v) is 7.52. The fourth-order valence-electron chi connectivity index (χ4n) is 2.98. The van der Waals surface area contributed by atoms with Gasteiger partial charge in [-0.2, -0.15) is 5.10 Å². The summed E-state index contributed by atoms with van der Waals surface area (Å²) in [5, 5.41) is 4.36. The zero-order valence-corrected chi connectivity index (χ0v) is 13.2. The highest BCUT2D eigenvalue weighted by atomic mass is 15.3. The molecule has 0 fully saturated rings. The first-order chi connectivity index (χ1) is 9.85. The molecule has 0 saturated heterocycles. The molecule has 0 amide bonds. The third-order valence-electron chi connectivity index (χ3n) is 4.11. The van der Waals surface area contributed by atoms with E-state index in [0.29, 0.717) is 6.04 Å². The average molecular weight is 285 g/mol. The van der Waals surface area contributed by atoms with E-state index in [1.54, 1.807) is 0 Å². The fourth-order valence-corrected chi connectivity index (χ4v) is 2.98. The van der Waals surface area contributed by atoms with Gasteiger partial charge in [0.05, 0.1) is 11.8 Å². The summed E-state index contributed by atoms with van der Waals surface area (Å²) in [6.45, 7) is 8.70. The number of hydrogen-bond acceptors (Lipinski definition) is 4. The number of hydrogen-bond donors (Lipinski definition) is 1. The quantitative estimate of drug-likeness (QED) is 0.921. The van der Waals surface area contributed by atoms with Crippen molar-refractivity contribution < 1.29 is 0 Å². The van der Waals surface area contributed by atoms with Gasteiger partial charge in [0.1, 0.15) is 0 Å². The van der Waals surface area contributed by atoms with Crippen LogP contribution >= 0.6 is 0 Å². The Kier molecular flexibility index (Phi) is 3.32. The standard InChI is InChI=1S/C16H23N5/c1-10(2)21-9-11(7-19-21)15-18-8-12-13(17)5-16(3,4)6-14(12)20-15/h7-10,13H,5-6,17H2,1-4H3. The molecule has 2 aromatic rings. The summed E-state index contributed by atoms with van der Waals surface area (Å²) in [6, 6.07) is 0.375. The van der Waals surface area contributed by atoms with E-state index in [2.05, 4.69) is 37.8 Å². The zero-order chi connectivity index (χ0) is 15.2. The van der Waals surface area contributed by atoms with Gasteiger partial charge in [-0.15, -0.1) is 0 Å². The molecule has 112 valence electrons. The molecule has 0 spiro atoms. The molecular weight excluding hydrogens is 262 g/mol. The number of aromatic nitrogens is 4. The van der Waals surface area contributed by atoms with Gasteiger partial charge in [-0.25, -0.2) is 9.97 Å². The highest BCUT2D eigenvalue weighted by Crippen LogP contribution is 2.38. The summed E-state index contributed by atoms with van der Waals surface area (Å²) in [7, 11) is 0. The molecule has 5 heteroatoms. The molecule has 1 aliphatic carbocycles. The lowest BCUT2D eigenvalue weighted by Gasteiger charge is -2.34. The van der Waals surface area contributed by atoms with Crippen molar-refractivity contribution in [2.24, 2.45) is 11.1 Å². The van der Waals surface area contributed by atoms with Crippen LogP contribution < -0.4 is 5.73 Å². The Hall–Kier alpha value is -1.75. The molecule has 5 nitrogen and oxygen atoms in total. The first-order valence-electron chi connectivity index (χ1n) is 7.52. The Bertz CT molecular complexity index is 656. The third kappa shape index (κ3) is 2.70. The number of rotatable bonds is 2. The van der Waals surface area contributed by atoms with E-state index in [4.69, 9.17) is 10.7 Å². The van der Waals surface area contributed by atoms with Crippen molar-refractivity contribution in [3.05, 3.63) is 29.8 Å². The predicted octanol–water partition coefficient (Wildman–Crippen LogP) is 2.89. The molecule has 0 aliphatic heterocycles. The van der Waals surface area contributed by atoms with Gasteiger partial charge in [0, 0.05) is 35.7 Å². The van der Waals surface area contributed by atoms with Crippen molar-refractivity contribution in [3.8, 4) is 11.4 Å². The molecule has 1 aliphatic rings. The van der Waals surface area contributed by atoms with Crippen LogP contribution in [0.5, 0.6) is 0 Å². The molecule has 1 atom stereocenters. The van der Waals surface area contributed by atoms with Crippen LogP contribution in [0.3, 0.4) is 0 Å². The lowest BCUT2D eigenvalue weighted by atomic mass is 9.74. The smallest absolute Gasteiger partial charge is 0.162 e. The van der Waals surface area contributed by atoms with Gasteiger partial charge in [-0.1, -0.05) is 13.8 Å². The molecule has 0 saturated carbocycles. The second kappa shape index (κ2) is 4.91. The summed E-state index contributed by atoms with van der Waals surface area (Å²) in [6.07, 6.45) is 7.65. The maximum Gasteiger partial charge on any atom is 0.162 e. The number of nitrogens with two attached hydrogens (primary N) is 1. The monoisotopic (exact) mass is 285 g/mol. The first kappa shape index (κ1) is 14.2. The second-order valence-corrected chi connectivity index (χ2v) is 7.05. The molecule has 3 rings (SSSR count). The normalized spacial score (nSPS) is 20.6. The Labute approximate surface area is 125 Å². The molecule has 21 heavy (non-hydrogen) atoms. The summed E-state index contributed by atoms with van der Waals surface area (Å²) >= 11 is 0. The highest BCUT2D eigenvalue weighted by molar-refractivity contribution is 5.53. The van der Waals surface area contributed by atoms with Crippen LogP contribution in [0.15, 0.2) is 18.6 Å². The van der Waals surface area contributed by atoms with Crippen LogP contribution in [-0.4, -0.2) is 19.7 Å². The molecule has 2 heterocycles. The van der Waals surface area contributed by atoms with Gasteiger partial charge < -0.3 is 5.73 Å². The van der Waals surface area contributed by atoms with Crippen molar-refractivity contribution in [3.63, 3.8) is 0 Å². The summed E-state index contributed by atoms with van der Waals surface area (Å²) in [5.41, 5.74) is 9.59. The number of fused-ring (bicyclic) bond motifs is 1. The lowest BCUT2D eigenvalue weighted by molar-refractivity contribution is 0.278. The molecular formula is C16H23N5. The van der Waals surface area contributed by atoms with Crippen molar-refractivity contribution in [2.45, 2.75) is 52.6 Å². The van der Waals surface area contributed by atoms with Crippen molar-refractivity contribution in [1.82, 2.24) is 19.7 Å². The van der Waals surface area contributed by atoms with Crippen molar-refractivity contribution >= 4 is 0 Å². The van der Waals surface area contributed by atoms with Crippen LogP contribution in [-0.2, 0) is 6.42 Å². The highest BCUT2D eigenvalue weighted by Gasteiger charge is 2.31. The summed E-state index contributed by atoms with van der Waals surface area (Å²) in [4.78, 5) is 9.25. The average Bonchev–Trinajstić information content (AvgIpc) is 2.86. The molecule has 2 aromatic heterocycles. The SMILES string of the molecule is CC(C)n1cc(-c2ncc3c(n2)CC(C)(C)CC3N)cn1. The molecule has 1 unspecified atom stereocenters. The van der Waals surface area contributed by atoms with Gasteiger partial charge in [0.2, 0.25) is 0 Å². The van der Waals surface area contributed by atoms with Crippen molar-refractivity contribution in [2.75, 3.05) is 0 Å². The second-order valence-electron chi connectivity index (χ2n) is 7.05. The van der Waals surface area contributed by atoms with E-state index in [0.717, 1.165) is 35.5 Å². The van der Waals surface area contributed by atoms with E-state index in [-0.39, 0.29) is 11.5 Å². The fraction of sp³-hybridized carbons (Fsp3) is 0.562. The van der Waals surface area contributed by atoms with Crippen LogP contribution in [0.2, 0.25) is 0 Å². The molecule has 2 N–H and O–H groups in total. The van der Waals surface area contributed by atoms with Gasteiger partial charge in [0.25, 0.3) is 0 Å².